The summed E-state index contributed by atoms with van der Waals surface area (Å²) in [6.45, 7) is 29.5. The van der Waals surface area contributed by atoms with E-state index in [0.29, 0.717) is 11.8 Å². The van der Waals surface area contributed by atoms with Gasteiger partial charge in [0.05, 0.1) is 12.5 Å². The molecule has 0 fully saturated rings. The van der Waals surface area contributed by atoms with E-state index in [0.717, 1.165) is 24.3 Å². The molecule has 0 spiro atoms. The largest absolute Gasteiger partial charge is 0.469 e. The van der Waals surface area contributed by atoms with Crippen LogP contribution >= 0.6 is 0 Å². The smallest absolute Gasteiger partial charge is 0.311 e. The van der Waals surface area contributed by atoms with E-state index in [1.54, 1.807) is 13.8 Å². The third kappa shape index (κ3) is 40.3. The molecule has 0 atom stereocenters. The molecule has 8 heteroatoms. The van der Waals surface area contributed by atoms with Crippen LogP contribution in [0.5, 0.6) is 0 Å². The summed E-state index contributed by atoms with van der Waals surface area (Å²) in [4.78, 5) is 21.6. The van der Waals surface area contributed by atoms with Crippen molar-refractivity contribution < 1.29 is 32.6 Å². The monoisotopic (exact) mass is 528 g/mol. The zero-order valence-corrected chi connectivity index (χ0v) is 27.0. The standard InChI is InChI=1S/2C8H16O2.C6H14.C3H8O.C2H6O2S/c1-6(2)8(3,4)7(9)10-5;1-6(2)8(4,5)10-7(3)9;1-5(2)6(3)4;1-3(2)4;1-5(2,3)4/h2*6H,1-5H3;5-6H,1-4H3;3-4H,1-2H3;1-2H3. The summed E-state index contributed by atoms with van der Waals surface area (Å²) >= 11 is 0. The summed E-state index contributed by atoms with van der Waals surface area (Å²) in [6.07, 6.45) is 2.15. The first-order chi connectivity index (χ1) is 15.2. The van der Waals surface area contributed by atoms with E-state index in [2.05, 4.69) is 32.4 Å². The number of carbonyl (C=O) groups excluding carboxylic acids is 2. The molecule has 0 aromatic rings. The Bertz CT molecular complexity index is 613. The van der Waals surface area contributed by atoms with Crippen molar-refractivity contribution in [3.8, 4) is 0 Å². The maximum atomic E-state index is 11.1. The Labute approximate surface area is 218 Å². The highest BCUT2D eigenvalue weighted by Crippen LogP contribution is 2.26. The zero-order chi connectivity index (χ0) is 30.0. The Kier molecular flexibility index (Phi) is 26.3. The van der Waals surface area contributed by atoms with Crippen LogP contribution in [-0.2, 0) is 28.9 Å². The molecule has 0 heterocycles. The summed E-state index contributed by atoms with van der Waals surface area (Å²) in [5, 5.41) is 8.06. The van der Waals surface area contributed by atoms with E-state index in [9.17, 15) is 18.0 Å². The highest BCUT2D eigenvalue weighted by atomic mass is 32.2. The van der Waals surface area contributed by atoms with Gasteiger partial charge in [-0.25, -0.2) is 8.42 Å². The molecule has 0 aromatic heterocycles. The second-order valence-corrected chi connectivity index (χ2v) is 13.7. The predicted octanol–water partition coefficient (Wildman–Crippen LogP) is 6.17. The summed E-state index contributed by atoms with van der Waals surface area (Å²) in [6, 6.07) is 0. The van der Waals surface area contributed by atoms with Crippen LogP contribution in [0.15, 0.2) is 0 Å². The average Bonchev–Trinajstić information content (AvgIpc) is 2.58. The van der Waals surface area contributed by atoms with Gasteiger partial charge in [0.1, 0.15) is 15.4 Å². The average molecular weight is 529 g/mol. The van der Waals surface area contributed by atoms with Gasteiger partial charge >= 0.3 is 11.9 Å². The van der Waals surface area contributed by atoms with Gasteiger partial charge in [-0.3, -0.25) is 9.59 Å². The van der Waals surface area contributed by atoms with Crippen molar-refractivity contribution >= 4 is 21.8 Å². The number of aliphatic hydroxyl groups is 1. The molecule has 216 valence electrons. The fourth-order valence-electron chi connectivity index (χ4n) is 0.987. The van der Waals surface area contributed by atoms with Crippen molar-refractivity contribution in [1.29, 1.82) is 0 Å². The predicted molar refractivity (Wildman–Crippen MR) is 149 cm³/mol. The minimum absolute atomic E-state index is 0.137. The molecule has 0 amide bonds. The molecule has 0 aliphatic carbocycles. The molecule has 35 heavy (non-hydrogen) atoms. The molecule has 1 N–H and O–H groups in total. The second-order valence-electron chi connectivity index (χ2n) is 11.4. The van der Waals surface area contributed by atoms with E-state index in [1.165, 1.54) is 14.0 Å². The first-order valence-electron chi connectivity index (χ1n) is 12.3. The van der Waals surface area contributed by atoms with E-state index < -0.39 is 9.84 Å². The van der Waals surface area contributed by atoms with Gasteiger partial charge in [-0.2, -0.15) is 0 Å². The van der Waals surface area contributed by atoms with Crippen LogP contribution in [0.1, 0.15) is 104 Å². The molecule has 0 aliphatic rings. The normalized spacial score (nSPS) is 11.3. The molecule has 0 rings (SSSR count). The zero-order valence-electron chi connectivity index (χ0n) is 26.2. The third-order valence-electron chi connectivity index (χ3n) is 5.29. The van der Waals surface area contributed by atoms with Crippen LogP contribution in [0, 0.1) is 29.1 Å². The van der Waals surface area contributed by atoms with Gasteiger partial charge in [-0.15, -0.1) is 0 Å². The van der Waals surface area contributed by atoms with Gasteiger partial charge in [0, 0.05) is 25.5 Å². The number of esters is 2. The number of rotatable bonds is 5. The molecular formula is C27H60O7S. The lowest BCUT2D eigenvalue weighted by Crippen LogP contribution is -2.32. The quantitative estimate of drug-likeness (QED) is 0.425. The lowest BCUT2D eigenvalue weighted by atomic mass is 9.81. The van der Waals surface area contributed by atoms with E-state index in [4.69, 9.17) is 9.84 Å². The molecule has 7 nitrogen and oxygen atoms in total. The van der Waals surface area contributed by atoms with Gasteiger partial charge in [0.15, 0.2) is 0 Å². The number of hydrogen-bond donors (Lipinski definition) is 1. The summed E-state index contributed by atoms with van der Waals surface area (Å²) in [5.41, 5.74) is -0.680. The minimum Gasteiger partial charge on any atom is -0.469 e. The molecule has 0 bridgehead atoms. The molecule has 0 aliphatic heterocycles. The van der Waals surface area contributed by atoms with Gasteiger partial charge in [-0.05, 0) is 65.2 Å². The topological polar surface area (TPSA) is 107 Å². The van der Waals surface area contributed by atoms with Gasteiger partial charge < -0.3 is 14.6 Å². The SMILES string of the molecule is CC(=O)OC(C)(C)C(C)C.CC(C)C(C)C.CC(C)O.COC(=O)C(C)(C)C(C)C.CS(C)(=O)=O. The summed E-state index contributed by atoms with van der Waals surface area (Å²) in [7, 11) is -1.24. The maximum absolute atomic E-state index is 11.1. The fraction of sp³-hybridized carbons (Fsp3) is 0.926. The van der Waals surface area contributed by atoms with E-state index >= 15 is 0 Å². The summed E-state index contributed by atoms with van der Waals surface area (Å²) < 4.78 is 29.0. The van der Waals surface area contributed by atoms with Crippen molar-refractivity contribution in [2.45, 2.75) is 116 Å². The Morgan fingerprint density at radius 3 is 1.06 bits per heavy atom. The Balaban J connectivity index is -0.000000112. The molecule has 0 saturated heterocycles. The lowest BCUT2D eigenvalue weighted by molar-refractivity contribution is -0.157. The first-order valence-corrected chi connectivity index (χ1v) is 14.6. The molecule has 0 unspecified atom stereocenters. The van der Waals surface area contributed by atoms with Crippen molar-refractivity contribution in [2.24, 2.45) is 29.1 Å². The molecule has 0 radical (unpaired) electrons. The lowest BCUT2D eigenvalue weighted by Gasteiger charge is -2.28. The minimum atomic E-state index is -2.67. The van der Waals surface area contributed by atoms with Crippen molar-refractivity contribution in [2.75, 3.05) is 19.6 Å². The Morgan fingerprint density at radius 2 is 1.00 bits per heavy atom. The van der Waals surface area contributed by atoms with Crippen LogP contribution in [0.3, 0.4) is 0 Å². The maximum Gasteiger partial charge on any atom is 0.311 e. The third-order valence-corrected chi connectivity index (χ3v) is 5.29. The Hall–Kier alpha value is -1.15. The first kappa shape index (κ1) is 43.9. The van der Waals surface area contributed by atoms with Gasteiger partial charge in [0.2, 0.25) is 0 Å². The second kappa shape index (κ2) is 21.0. The van der Waals surface area contributed by atoms with Gasteiger partial charge in [0.25, 0.3) is 0 Å². The van der Waals surface area contributed by atoms with Gasteiger partial charge in [-0.1, -0.05) is 55.4 Å². The van der Waals surface area contributed by atoms with Crippen molar-refractivity contribution in [3.05, 3.63) is 0 Å². The van der Waals surface area contributed by atoms with Crippen LogP contribution in [-0.4, -0.2) is 56.8 Å². The number of sulfone groups is 1. The molecule has 0 aromatic carbocycles. The Morgan fingerprint density at radius 1 is 0.743 bits per heavy atom. The van der Waals surface area contributed by atoms with Crippen molar-refractivity contribution in [1.82, 2.24) is 0 Å². The number of ether oxygens (including phenoxy) is 2. The number of carbonyl (C=O) groups is 2. The number of methoxy groups -OCH3 is 1. The summed E-state index contributed by atoms with van der Waals surface area (Å²) in [5.74, 6) is 2.03. The fourth-order valence-corrected chi connectivity index (χ4v) is 0.987. The van der Waals surface area contributed by atoms with E-state index in [1.807, 2.05) is 55.4 Å². The van der Waals surface area contributed by atoms with E-state index in [-0.39, 0.29) is 29.1 Å². The molecular weight excluding hydrogens is 468 g/mol. The van der Waals surface area contributed by atoms with Crippen molar-refractivity contribution in [3.63, 3.8) is 0 Å². The highest BCUT2D eigenvalue weighted by Gasteiger charge is 2.31. The number of aliphatic hydroxyl groups excluding tert-OH is 1. The van der Waals surface area contributed by atoms with Crippen LogP contribution in [0.25, 0.3) is 0 Å². The van der Waals surface area contributed by atoms with Crippen LogP contribution < -0.4 is 0 Å². The number of hydrogen-bond acceptors (Lipinski definition) is 7. The van der Waals surface area contributed by atoms with Crippen LogP contribution in [0.4, 0.5) is 0 Å². The molecule has 0 saturated carbocycles. The van der Waals surface area contributed by atoms with Crippen LogP contribution in [0.2, 0.25) is 0 Å². The highest BCUT2D eigenvalue weighted by molar-refractivity contribution is 7.89.